The maximum atomic E-state index is 14.2. The third-order valence-electron chi connectivity index (χ3n) is 10.5. The van der Waals surface area contributed by atoms with Gasteiger partial charge in [-0.15, -0.1) is 6.58 Å². The van der Waals surface area contributed by atoms with E-state index in [-0.39, 0.29) is 18.1 Å². The number of Topliss-reactive ketones (excluding diaryl/α,β-unsaturated/α-hetero) is 1. The molecule has 2 N–H and O–H groups in total. The van der Waals surface area contributed by atoms with E-state index in [1.807, 2.05) is 20.8 Å². The standard InChI is InChI=1S/C29H50O8Si/c1-13-26(7)16-18(30)29(33)27(8)19(36-38(11,12)24(2,3)4)14-15-25(5,6)22(27)21(35-20(31)17-34-10)23(32)28(29,9)37-26/h13,19,21-23,32-33H,1,14-17H2,2-12H3/t19-,21-,22-,23-,26-,27-,28+,29-/m0/s1. The minimum Gasteiger partial charge on any atom is -0.457 e. The lowest BCUT2D eigenvalue weighted by atomic mass is 9.39. The van der Waals surface area contributed by atoms with Gasteiger partial charge in [0, 0.05) is 24.9 Å². The number of aliphatic hydroxyl groups excluding tert-OH is 1. The second kappa shape index (κ2) is 9.48. The summed E-state index contributed by atoms with van der Waals surface area (Å²) >= 11 is 0. The van der Waals surface area contributed by atoms with Crippen molar-refractivity contribution in [3.8, 4) is 0 Å². The van der Waals surface area contributed by atoms with Crippen molar-refractivity contribution in [2.75, 3.05) is 13.7 Å². The third-order valence-corrected chi connectivity index (χ3v) is 15.0. The van der Waals surface area contributed by atoms with Gasteiger partial charge in [0.1, 0.15) is 24.4 Å². The molecule has 0 spiro atoms. The Hall–Kier alpha value is -1.10. The molecule has 0 unspecified atom stereocenters. The smallest absolute Gasteiger partial charge is 0.332 e. The van der Waals surface area contributed by atoms with Gasteiger partial charge in [-0.3, -0.25) is 4.79 Å². The van der Waals surface area contributed by atoms with E-state index < -0.39 is 71.9 Å². The number of hydrogen-bond donors (Lipinski definition) is 2. The van der Waals surface area contributed by atoms with Crippen molar-refractivity contribution in [3.63, 3.8) is 0 Å². The SMILES string of the molecule is C=C[C@@]1(C)CC(=O)[C@]2(O)[C@@]3(C)[C@@H](O[Si](C)(C)C(C)(C)C)CCC(C)(C)[C@@H]3[C@H](OC(=O)COC)[C@H](O)[C@@]2(C)O1. The third kappa shape index (κ3) is 4.36. The second-order valence-electron chi connectivity index (χ2n) is 14.5. The van der Waals surface area contributed by atoms with E-state index in [4.69, 9.17) is 18.6 Å². The summed E-state index contributed by atoms with van der Waals surface area (Å²) in [5, 5.41) is 24.7. The first kappa shape index (κ1) is 31.4. The van der Waals surface area contributed by atoms with Gasteiger partial charge >= 0.3 is 5.97 Å². The van der Waals surface area contributed by atoms with Gasteiger partial charge in [-0.2, -0.15) is 0 Å². The van der Waals surface area contributed by atoms with Crippen molar-refractivity contribution in [1.82, 2.24) is 0 Å². The first-order valence-electron chi connectivity index (χ1n) is 13.7. The van der Waals surface area contributed by atoms with Crippen LogP contribution in [0.5, 0.6) is 0 Å². The van der Waals surface area contributed by atoms with Crippen LogP contribution in [0.4, 0.5) is 0 Å². The number of rotatable bonds is 6. The number of carbonyl (C=O) groups is 2. The highest BCUT2D eigenvalue weighted by Gasteiger charge is 2.81. The van der Waals surface area contributed by atoms with Gasteiger partial charge in [0.25, 0.3) is 0 Å². The summed E-state index contributed by atoms with van der Waals surface area (Å²) < 4.78 is 24.5. The van der Waals surface area contributed by atoms with Gasteiger partial charge in [-0.05, 0) is 50.2 Å². The molecule has 0 aromatic rings. The van der Waals surface area contributed by atoms with Gasteiger partial charge in [0.2, 0.25) is 0 Å². The number of esters is 1. The Morgan fingerprint density at radius 1 is 1.21 bits per heavy atom. The molecule has 8 nitrogen and oxygen atoms in total. The molecule has 1 heterocycles. The molecule has 3 aliphatic rings. The largest absolute Gasteiger partial charge is 0.457 e. The van der Waals surface area contributed by atoms with Crippen molar-refractivity contribution in [2.24, 2.45) is 16.7 Å². The molecule has 1 saturated heterocycles. The van der Waals surface area contributed by atoms with Crippen molar-refractivity contribution in [2.45, 2.75) is 128 Å². The fourth-order valence-corrected chi connectivity index (χ4v) is 8.83. The molecule has 0 radical (unpaired) electrons. The van der Waals surface area contributed by atoms with Gasteiger partial charge in [0.05, 0.1) is 11.7 Å². The molecule has 0 amide bonds. The van der Waals surface area contributed by atoms with Crippen molar-refractivity contribution in [3.05, 3.63) is 12.7 Å². The number of methoxy groups -OCH3 is 1. The predicted octanol–water partition coefficient (Wildman–Crippen LogP) is 4.18. The first-order chi connectivity index (χ1) is 17.1. The Morgan fingerprint density at radius 3 is 2.29 bits per heavy atom. The molecule has 0 aromatic carbocycles. The molecular formula is C29H50O8Si. The number of aliphatic hydroxyl groups is 2. The van der Waals surface area contributed by atoms with Crippen LogP contribution >= 0.6 is 0 Å². The van der Waals surface area contributed by atoms with Crippen LogP contribution < -0.4 is 0 Å². The summed E-state index contributed by atoms with van der Waals surface area (Å²) in [6.07, 6.45) is -0.386. The summed E-state index contributed by atoms with van der Waals surface area (Å²) in [5.41, 5.74) is -6.82. The van der Waals surface area contributed by atoms with E-state index in [1.165, 1.54) is 13.2 Å². The molecule has 218 valence electrons. The van der Waals surface area contributed by atoms with E-state index in [1.54, 1.807) is 13.8 Å². The summed E-state index contributed by atoms with van der Waals surface area (Å²) in [7, 11) is -0.989. The quantitative estimate of drug-likeness (QED) is 0.286. The Balaban J connectivity index is 2.33. The summed E-state index contributed by atoms with van der Waals surface area (Å²) in [5.74, 6) is -1.68. The summed E-state index contributed by atoms with van der Waals surface area (Å²) in [6.45, 7) is 23.5. The minimum absolute atomic E-state index is 0.0982. The van der Waals surface area contributed by atoms with Gasteiger partial charge < -0.3 is 28.8 Å². The van der Waals surface area contributed by atoms with Crippen LogP contribution in [0.3, 0.4) is 0 Å². The van der Waals surface area contributed by atoms with E-state index in [0.29, 0.717) is 12.8 Å². The molecular weight excluding hydrogens is 504 g/mol. The van der Waals surface area contributed by atoms with Gasteiger partial charge in [-0.1, -0.05) is 47.6 Å². The average Bonchev–Trinajstić information content (AvgIpc) is 2.76. The highest BCUT2D eigenvalue weighted by Crippen LogP contribution is 2.68. The zero-order chi connectivity index (χ0) is 29.3. The first-order valence-corrected chi connectivity index (χ1v) is 16.6. The van der Waals surface area contributed by atoms with E-state index >= 15 is 0 Å². The Labute approximate surface area is 229 Å². The Morgan fingerprint density at radius 2 is 1.79 bits per heavy atom. The fourth-order valence-electron chi connectivity index (χ4n) is 7.40. The number of hydrogen-bond acceptors (Lipinski definition) is 8. The Kier molecular flexibility index (Phi) is 7.84. The normalized spacial score (nSPS) is 43.1. The van der Waals surface area contributed by atoms with E-state index in [9.17, 15) is 19.8 Å². The summed E-state index contributed by atoms with van der Waals surface area (Å²) in [4.78, 5) is 27.0. The second-order valence-corrected chi connectivity index (χ2v) is 19.3. The van der Waals surface area contributed by atoms with Crippen LogP contribution in [-0.4, -0.2) is 79.1 Å². The minimum atomic E-state index is -2.39. The van der Waals surface area contributed by atoms with Crippen LogP contribution in [0.1, 0.15) is 74.7 Å². The van der Waals surface area contributed by atoms with Crippen LogP contribution in [0.2, 0.25) is 18.1 Å². The Bertz CT molecular complexity index is 972. The molecule has 0 aromatic heterocycles. The highest BCUT2D eigenvalue weighted by molar-refractivity contribution is 6.74. The lowest BCUT2D eigenvalue weighted by molar-refractivity contribution is -0.369. The van der Waals surface area contributed by atoms with Crippen molar-refractivity contribution >= 4 is 20.1 Å². The number of ether oxygens (including phenoxy) is 3. The zero-order valence-corrected chi connectivity index (χ0v) is 26.3. The fraction of sp³-hybridized carbons (Fsp3) is 0.862. The maximum absolute atomic E-state index is 14.2. The zero-order valence-electron chi connectivity index (χ0n) is 25.3. The molecule has 38 heavy (non-hydrogen) atoms. The average molecular weight is 555 g/mol. The topological polar surface area (TPSA) is 112 Å². The summed E-state index contributed by atoms with van der Waals surface area (Å²) in [6, 6.07) is 0. The predicted molar refractivity (Wildman–Crippen MR) is 147 cm³/mol. The van der Waals surface area contributed by atoms with Crippen LogP contribution in [0.25, 0.3) is 0 Å². The number of carbonyl (C=O) groups excluding carboxylic acids is 2. The maximum Gasteiger partial charge on any atom is 0.332 e. The molecule has 2 saturated carbocycles. The van der Waals surface area contributed by atoms with Crippen LogP contribution in [-0.2, 0) is 28.2 Å². The molecule has 0 bridgehead atoms. The lowest BCUT2D eigenvalue weighted by Gasteiger charge is -2.72. The van der Waals surface area contributed by atoms with Crippen molar-refractivity contribution < 1.29 is 38.4 Å². The molecule has 1 aliphatic heterocycles. The molecule has 9 heteroatoms. The number of ketones is 1. The van der Waals surface area contributed by atoms with Gasteiger partial charge in [-0.25, -0.2) is 4.79 Å². The van der Waals surface area contributed by atoms with Crippen molar-refractivity contribution in [1.29, 1.82) is 0 Å². The van der Waals surface area contributed by atoms with Gasteiger partial charge in [0.15, 0.2) is 19.7 Å². The molecule has 3 rings (SSSR count). The molecule has 8 atom stereocenters. The molecule has 3 fully saturated rings. The highest BCUT2D eigenvalue weighted by atomic mass is 28.4. The number of fused-ring (bicyclic) bond motifs is 3. The lowest BCUT2D eigenvalue weighted by Crippen LogP contribution is -2.87. The van der Waals surface area contributed by atoms with E-state index in [2.05, 4.69) is 40.4 Å². The molecule has 2 aliphatic carbocycles. The van der Waals surface area contributed by atoms with Crippen LogP contribution in [0, 0.1) is 16.7 Å². The van der Waals surface area contributed by atoms with E-state index in [0.717, 1.165) is 0 Å². The monoisotopic (exact) mass is 554 g/mol. The van der Waals surface area contributed by atoms with Crippen LogP contribution in [0.15, 0.2) is 12.7 Å².